The molecule has 3 heterocycles. The van der Waals surface area contributed by atoms with Crippen LogP contribution in [0.4, 0.5) is 0 Å². The van der Waals surface area contributed by atoms with Gasteiger partial charge in [0.25, 0.3) is 5.91 Å². The summed E-state index contributed by atoms with van der Waals surface area (Å²) in [6.45, 7) is 4.68. The van der Waals surface area contributed by atoms with Crippen molar-refractivity contribution >= 4 is 5.91 Å². The Balaban J connectivity index is 1.55. The Bertz CT molecular complexity index is 769. The van der Waals surface area contributed by atoms with Gasteiger partial charge in [-0.15, -0.1) is 0 Å². The van der Waals surface area contributed by atoms with Gasteiger partial charge in [-0.25, -0.2) is 0 Å². The first-order valence-corrected chi connectivity index (χ1v) is 7.05. The van der Waals surface area contributed by atoms with Gasteiger partial charge in [0.05, 0.1) is 30.1 Å². The van der Waals surface area contributed by atoms with E-state index in [2.05, 4.69) is 10.4 Å². The van der Waals surface area contributed by atoms with Crippen LogP contribution >= 0.6 is 0 Å². The standard InChI is InChI=1S/C16H17N3O3/c1-11-8-14(12(2)22-11)16(20)17-5-6-19-10-13(9-18-19)15-4-3-7-21-15/h3-4,7-10H,5-6H2,1-2H3,(H,17,20). The monoisotopic (exact) mass is 299 g/mol. The second kappa shape index (κ2) is 5.93. The van der Waals surface area contributed by atoms with Crippen LogP contribution in [0, 0.1) is 13.8 Å². The average molecular weight is 299 g/mol. The number of rotatable bonds is 5. The van der Waals surface area contributed by atoms with E-state index in [-0.39, 0.29) is 5.91 Å². The topological polar surface area (TPSA) is 73.2 Å². The van der Waals surface area contributed by atoms with Gasteiger partial charge in [0.1, 0.15) is 17.3 Å². The third kappa shape index (κ3) is 2.95. The molecule has 0 aliphatic carbocycles. The first-order chi connectivity index (χ1) is 10.6. The maximum Gasteiger partial charge on any atom is 0.254 e. The summed E-state index contributed by atoms with van der Waals surface area (Å²) >= 11 is 0. The Hall–Kier alpha value is -2.76. The highest BCUT2D eigenvalue weighted by molar-refractivity contribution is 5.95. The zero-order valence-electron chi connectivity index (χ0n) is 12.5. The molecule has 114 valence electrons. The molecule has 3 rings (SSSR count). The normalized spacial score (nSPS) is 10.8. The van der Waals surface area contributed by atoms with Crippen LogP contribution in [-0.4, -0.2) is 22.2 Å². The molecule has 0 saturated carbocycles. The van der Waals surface area contributed by atoms with Crippen LogP contribution in [0.2, 0.25) is 0 Å². The number of nitrogens with zero attached hydrogens (tertiary/aromatic N) is 2. The zero-order valence-corrected chi connectivity index (χ0v) is 12.5. The molecule has 0 unspecified atom stereocenters. The SMILES string of the molecule is Cc1cc(C(=O)NCCn2cc(-c3ccco3)cn2)c(C)o1. The number of furan rings is 2. The molecule has 3 aromatic rings. The minimum Gasteiger partial charge on any atom is -0.466 e. The minimum absolute atomic E-state index is 0.132. The fourth-order valence-electron chi connectivity index (χ4n) is 2.29. The first-order valence-electron chi connectivity index (χ1n) is 7.05. The summed E-state index contributed by atoms with van der Waals surface area (Å²) in [5, 5.41) is 7.11. The Labute approximate surface area is 127 Å². The minimum atomic E-state index is -0.132. The Morgan fingerprint density at radius 1 is 1.41 bits per heavy atom. The molecule has 0 aromatic carbocycles. The Kier molecular flexibility index (Phi) is 3.82. The van der Waals surface area contributed by atoms with Crippen molar-refractivity contribution in [2.75, 3.05) is 6.54 Å². The molecule has 1 N–H and O–H groups in total. The highest BCUT2D eigenvalue weighted by Crippen LogP contribution is 2.18. The summed E-state index contributed by atoms with van der Waals surface area (Å²) in [4.78, 5) is 12.0. The van der Waals surface area contributed by atoms with E-state index in [1.54, 1.807) is 30.1 Å². The lowest BCUT2D eigenvalue weighted by molar-refractivity contribution is 0.0950. The number of nitrogens with one attached hydrogen (secondary N) is 1. The maximum atomic E-state index is 12.0. The Morgan fingerprint density at radius 3 is 2.95 bits per heavy atom. The van der Waals surface area contributed by atoms with Gasteiger partial charge in [0.2, 0.25) is 0 Å². The van der Waals surface area contributed by atoms with Gasteiger partial charge in [-0.2, -0.15) is 5.10 Å². The van der Waals surface area contributed by atoms with Crippen molar-refractivity contribution in [1.29, 1.82) is 0 Å². The third-order valence-corrected chi connectivity index (χ3v) is 3.35. The van der Waals surface area contributed by atoms with Crippen molar-refractivity contribution in [2.24, 2.45) is 0 Å². The number of amides is 1. The smallest absolute Gasteiger partial charge is 0.254 e. The van der Waals surface area contributed by atoms with Crippen molar-refractivity contribution < 1.29 is 13.6 Å². The van der Waals surface area contributed by atoms with E-state index < -0.39 is 0 Å². The lowest BCUT2D eigenvalue weighted by Gasteiger charge is -2.04. The number of aryl methyl sites for hydroxylation is 2. The van der Waals surface area contributed by atoms with E-state index in [0.717, 1.165) is 17.1 Å². The van der Waals surface area contributed by atoms with Crippen molar-refractivity contribution in [3.05, 3.63) is 53.9 Å². The molecule has 22 heavy (non-hydrogen) atoms. The van der Waals surface area contributed by atoms with E-state index in [1.165, 1.54) is 0 Å². The molecule has 6 heteroatoms. The number of hydrogen-bond donors (Lipinski definition) is 1. The summed E-state index contributed by atoms with van der Waals surface area (Å²) in [5.74, 6) is 2.01. The molecule has 0 saturated heterocycles. The van der Waals surface area contributed by atoms with Crippen molar-refractivity contribution in [3.8, 4) is 11.3 Å². The van der Waals surface area contributed by atoms with Gasteiger partial charge in [0, 0.05) is 12.7 Å². The average Bonchev–Trinajstić information content (AvgIpc) is 3.19. The molecule has 0 bridgehead atoms. The molecule has 0 aliphatic rings. The van der Waals surface area contributed by atoms with Crippen LogP contribution in [0.15, 0.2) is 45.7 Å². The molecule has 0 radical (unpaired) electrons. The van der Waals surface area contributed by atoms with Gasteiger partial charge in [0.15, 0.2) is 0 Å². The van der Waals surface area contributed by atoms with Gasteiger partial charge < -0.3 is 14.2 Å². The predicted molar refractivity (Wildman–Crippen MR) is 80.4 cm³/mol. The van der Waals surface area contributed by atoms with Crippen LogP contribution < -0.4 is 5.32 Å². The lowest BCUT2D eigenvalue weighted by Crippen LogP contribution is -2.27. The van der Waals surface area contributed by atoms with E-state index in [9.17, 15) is 4.79 Å². The molecule has 1 amide bonds. The molecular weight excluding hydrogens is 282 g/mol. The van der Waals surface area contributed by atoms with E-state index in [4.69, 9.17) is 8.83 Å². The van der Waals surface area contributed by atoms with E-state index in [0.29, 0.717) is 24.4 Å². The number of carbonyl (C=O) groups is 1. The summed E-state index contributed by atoms with van der Waals surface area (Å²) in [7, 11) is 0. The van der Waals surface area contributed by atoms with Gasteiger partial charge in [-0.1, -0.05) is 0 Å². The van der Waals surface area contributed by atoms with E-state index >= 15 is 0 Å². The molecule has 3 aromatic heterocycles. The summed E-state index contributed by atoms with van der Waals surface area (Å²) < 4.78 is 12.4. The summed E-state index contributed by atoms with van der Waals surface area (Å²) in [6, 6.07) is 5.46. The fourth-order valence-corrected chi connectivity index (χ4v) is 2.29. The quantitative estimate of drug-likeness (QED) is 0.786. The second-order valence-electron chi connectivity index (χ2n) is 5.05. The van der Waals surface area contributed by atoms with Gasteiger partial charge in [-0.3, -0.25) is 9.48 Å². The highest BCUT2D eigenvalue weighted by Gasteiger charge is 2.12. The van der Waals surface area contributed by atoms with Crippen LogP contribution in [0.25, 0.3) is 11.3 Å². The number of carbonyl (C=O) groups excluding carboxylic acids is 1. The van der Waals surface area contributed by atoms with E-state index in [1.807, 2.05) is 25.3 Å². The molecular formula is C16H17N3O3. The summed E-state index contributed by atoms with van der Waals surface area (Å²) in [6.07, 6.45) is 5.25. The van der Waals surface area contributed by atoms with Crippen LogP contribution in [0.1, 0.15) is 21.9 Å². The van der Waals surface area contributed by atoms with Gasteiger partial charge in [-0.05, 0) is 32.0 Å². The van der Waals surface area contributed by atoms with Crippen molar-refractivity contribution in [1.82, 2.24) is 15.1 Å². The van der Waals surface area contributed by atoms with Crippen molar-refractivity contribution in [3.63, 3.8) is 0 Å². The first kappa shape index (κ1) is 14.2. The third-order valence-electron chi connectivity index (χ3n) is 3.35. The molecule has 6 nitrogen and oxygen atoms in total. The highest BCUT2D eigenvalue weighted by atomic mass is 16.3. The van der Waals surface area contributed by atoms with Crippen molar-refractivity contribution in [2.45, 2.75) is 20.4 Å². The van der Waals surface area contributed by atoms with Crippen LogP contribution in [0.5, 0.6) is 0 Å². The molecule has 0 fully saturated rings. The molecule has 0 atom stereocenters. The number of aromatic nitrogens is 2. The largest absolute Gasteiger partial charge is 0.466 e. The van der Waals surface area contributed by atoms with Gasteiger partial charge >= 0.3 is 0 Å². The van der Waals surface area contributed by atoms with Crippen LogP contribution in [0.3, 0.4) is 0 Å². The fraction of sp³-hybridized carbons (Fsp3) is 0.250. The maximum absolute atomic E-state index is 12.0. The predicted octanol–water partition coefficient (Wildman–Crippen LogP) is 2.78. The number of hydrogen-bond acceptors (Lipinski definition) is 4. The summed E-state index contributed by atoms with van der Waals surface area (Å²) in [5.41, 5.74) is 1.49. The van der Waals surface area contributed by atoms with Crippen LogP contribution in [-0.2, 0) is 6.54 Å². The Morgan fingerprint density at radius 2 is 2.27 bits per heavy atom. The molecule has 0 aliphatic heterocycles. The zero-order chi connectivity index (χ0) is 15.5. The molecule has 0 spiro atoms. The lowest BCUT2D eigenvalue weighted by atomic mass is 10.2. The second-order valence-corrected chi connectivity index (χ2v) is 5.05.